The predicted molar refractivity (Wildman–Crippen MR) is 74.8 cm³/mol. The van der Waals surface area contributed by atoms with Crippen LogP contribution in [-0.4, -0.2) is 24.4 Å². The molecule has 0 saturated heterocycles. The molecule has 98 valence electrons. The smallest absolute Gasteiger partial charge is 0.254 e. The Kier molecular flexibility index (Phi) is 4.39. The summed E-state index contributed by atoms with van der Waals surface area (Å²) in [6.07, 6.45) is 1.60. The zero-order valence-corrected chi connectivity index (χ0v) is 11.4. The number of nitrogens with two attached hydrogens (primary N) is 1. The molecule has 0 aliphatic heterocycles. The van der Waals surface area contributed by atoms with Gasteiger partial charge in [-0.15, -0.1) is 11.3 Å². The van der Waals surface area contributed by atoms with E-state index in [0.29, 0.717) is 18.7 Å². The maximum absolute atomic E-state index is 12.2. The van der Waals surface area contributed by atoms with Crippen molar-refractivity contribution in [2.24, 2.45) is 5.73 Å². The van der Waals surface area contributed by atoms with Gasteiger partial charge < -0.3 is 15.1 Å². The van der Waals surface area contributed by atoms with Crippen molar-refractivity contribution in [3.8, 4) is 11.8 Å². The van der Waals surface area contributed by atoms with E-state index >= 15 is 0 Å². The Morgan fingerprint density at radius 1 is 1.58 bits per heavy atom. The summed E-state index contributed by atoms with van der Waals surface area (Å²) in [5.41, 5.74) is 5.95. The molecule has 2 rings (SSSR count). The lowest BCUT2D eigenvalue weighted by molar-refractivity contribution is 0.0776. The van der Waals surface area contributed by atoms with Crippen LogP contribution < -0.4 is 5.73 Å². The van der Waals surface area contributed by atoms with Gasteiger partial charge in [-0.1, -0.05) is 11.8 Å². The van der Waals surface area contributed by atoms with Gasteiger partial charge in [0.15, 0.2) is 0 Å². The first-order valence-corrected chi connectivity index (χ1v) is 6.64. The van der Waals surface area contributed by atoms with Gasteiger partial charge in [-0.2, -0.15) is 0 Å². The van der Waals surface area contributed by atoms with Crippen LogP contribution in [0.15, 0.2) is 34.3 Å². The molecule has 0 aliphatic rings. The minimum atomic E-state index is -0.0477. The molecule has 2 N–H and O–H groups in total. The molecule has 2 aromatic rings. The highest BCUT2D eigenvalue weighted by Gasteiger charge is 2.14. The first kappa shape index (κ1) is 13.4. The molecule has 4 nitrogen and oxygen atoms in total. The normalized spacial score (nSPS) is 9.79. The molecule has 0 radical (unpaired) electrons. The van der Waals surface area contributed by atoms with Gasteiger partial charge in [0, 0.05) is 12.4 Å². The SMILES string of the molecule is CN(Cc1ccco1)C(=O)c1csc(C#CCN)c1. The molecule has 5 heteroatoms. The summed E-state index contributed by atoms with van der Waals surface area (Å²) in [4.78, 5) is 14.6. The van der Waals surface area contributed by atoms with Crippen LogP contribution in [0.5, 0.6) is 0 Å². The standard InChI is InChI=1S/C14H14N2O2S/c1-16(9-12-4-3-7-18-12)14(17)11-8-13(19-10-11)5-2-6-15/h3-4,7-8,10H,6,9,15H2,1H3. The monoisotopic (exact) mass is 274 g/mol. The van der Waals surface area contributed by atoms with Crippen LogP contribution in [-0.2, 0) is 6.54 Å². The highest BCUT2D eigenvalue weighted by molar-refractivity contribution is 7.10. The first-order chi connectivity index (χ1) is 9.20. The van der Waals surface area contributed by atoms with Gasteiger partial charge in [0.1, 0.15) is 5.76 Å². The Morgan fingerprint density at radius 2 is 2.42 bits per heavy atom. The quantitative estimate of drug-likeness (QED) is 0.870. The van der Waals surface area contributed by atoms with E-state index in [2.05, 4.69) is 11.8 Å². The Morgan fingerprint density at radius 3 is 3.11 bits per heavy atom. The highest BCUT2D eigenvalue weighted by atomic mass is 32.1. The van der Waals surface area contributed by atoms with Crippen molar-refractivity contribution in [1.29, 1.82) is 0 Å². The van der Waals surface area contributed by atoms with Crippen LogP contribution >= 0.6 is 11.3 Å². The number of carbonyl (C=O) groups excluding carboxylic acids is 1. The molecule has 1 amide bonds. The lowest BCUT2D eigenvalue weighted by atomic mass is 10.2. The van der Waals surface area contributed by atoms with Crippen LogP contribution in [0, 0.1) is 11.8 Å². The third-order valence-corrected chi connectivity index (χ3v) is 3.33. The molecule has 0 bridgehead atoms. The zero-order chi connectivity index (χ0) is 13.7. The maximum Gasteiger partial charge on any atom is 0.254 e. The van der Waals surface area contributed by atoms with Crippen LogP contribution in [0.4, 0.5) is 0 Å². The lowest BCUT2D eigenvalue weighted by Gasteiger charge is -2.14. The molecule has 0 aliphatic carbocycles. The van der Waals surface area contributed by atoms with E-state index in [1.165, 1.54) is 11.3 Å². The van der Waals surface area contributed by atoms with E-state index in [1.807, 2.05) is 11.4 Å². The number of hydrogen-bond acceptors (Lipinski definition) is 4. The molecule has 0 spiro atoms. The summed E-state index contributed by atoms with van der Waals surface area (Å²) in [5, 5.41) is 1.81. The van der Waals surface area contributed by atoms with Gasteiger partial charge in [0.25, 0.3) is 5.91 Å². The summed E-state index contributed by atoms with van der Waals surface area (Å²) < 4.78 is 5.22. The first-order valence-electron chi connectivity index (χ1n) is 5.76. The topological polar surface area (TPSA) is 59.5 Å². The summed E-state index contributed by atoms with van der Waals surface area (Å²) in [6.45, 7) is 0.769. The van der Waals surface area contributed by atoms with Gasteiger partial charge in [-0.3, -0.25) is 4.79 Å². The van der Waals surface area contributed by atoms with Gasteiger partial charge >= 0.3 is 0 Å². The molecular weight excluding hydrogens is 260 g/mol. The number of amides is 1. The second-order valence-electron chi connectivity index (χ2n) is 3.95. The Balaban J connectivity index is 2.04. The second kappa shape index (κ2) is 6.23. The molecule has 2 heterocycles. The summed E-state index contributed by atoms with van der Waals surface area (Å²) in [6, 6.07) is 5.43. The third kappa shape index (κ3) is 3.47. The predicted octanol–water partition coefficient (Wildman–Crippen LogP) is 1.92. The second-order valence-corrected chi connectivity index (χ2v) is 4.86. The molecule has 19 heavy (non-hydrogen) atoms. The minimum absolute atomic E-state index is 0.0477. The minimum Gasteiger partial charge on any atom is -0.467 e. The Bertz CT molecular complexity index is 605. The molecule has 0 unspecified atom stereocenters. The third-order valence-electron chi connectivity index (χ3n) is 2.48. The molecule has 0 atom stereocenters. The number of furan rings is 1. The largest absolute Gasteiger partial charge is 0.467 e. The number of nitrogens with zero attached hydrogens (tertiary/aromatic N) is 1. The maximum atomic E-state index is 12.2. The number of hydrogen-bond donors (Lipinski definition) is 1. The number of thiophene rings is 1. The fourth-order valence-electron chi connectivity index (χ4n) is 1.58. The van der Waals surface area contributed by atoms with Crippen LogP contribution in [0.1, 0.15) is 21.0 Å². The molecule has 0 fully saturated rings. The van der Waals surface area contributed by atoms with Crippen molar-refractivity contribution in [2.45, 2.75) is 6.54 Å². The lowest BCUT2D eigenvalue weighted by Crippen LogP contribution is -2.25. The fraction of sp³-hybridized carbons (Fsp3) is 0.214. The van der Waals surface area contributed by atoms with Gasteiger partial charge in [0.05, 0.1) is 29.8 Å². The van der Waals surface area contributed by atoms with Crippen LogP contribution in [0.2, 0.25) is 0 Å². The van der Waals surface area contributed by atoms with E-state index in [9.17, 15) is 4.79 Å². The zero-order valence-electron chi connectivity index (χ0n) is 10.6. The van der Waals surface area contributed by atoms with Crippen LogP contribution in [0.3, 0.4) is 0 Å². The van der Waals surface area contributed by atoms with Crippen molar-refractivity contribution in [3.05, 3.63) is 46.0 Å². The highest BCUT2D eigenvalue weighted by Crippen LogP contribution is 2.16. The van der Waals surface area contributed by atoms with E-state index in [1.54, 1.807) is 30.3 Å². The van der Waals surface area contributed by atoms with Crippen molar-refractivity contribution in [2.75, 3.05) is 13.6 Å². The average molecular weight is 274 g/mol. The molecular formula is C14H14N2O2S. The number of carbonyl (C=O) groups is 1. The van der Waals surface area contributed by atoms with E-state index < -0.39 is 0 Å². The fourth-order valence-corrected chi connectivity index (χ4v) is 2.33. The van der Waals surface area contributed by atoms with Crippen molar-refractivity contribution >= 4 is 17.2 Å². The average Bonchev–Trinajstić information content (AvgIpc) is 3.06. The summed E-state index contributed by atoms with van der Waals surface area (Å²) in [7, 11) is 1.74. The molecule has 2 aromatic heterocycles. The van der Waals surface area contributed by atoms with Gasteiger partial charge in [0.2, 0.25) is 0 Å². The van der Waals surface area contributed by atoms with E-state index in [0.717, 1.165) is 10.6 Å². The van der Waals surface area contributed by atoms with Crippen molar-refractivity contribution in [3.63, 3.8) is 0 Å². The Hall–Kier alpha value is -2.03. The number of rotatable bonds is 3. The summed E-state index contributed by atoms with van der Waals surface area (Å²) in [5.74, 6) is 6.40. The molecule has 0 aromatic carbocycles. The van der Waals surface area contributed by atoms with E-state index in [-0.39, 0.29) is 5.91 Å². The Labute approximate surface area is 115 Å². The van der Waals surface area contributed by atoms with Gasteiger partial charge in [-0.05, 0) is 18.2 Å². The molecule has 0 saturated carbocycles. The van der Waals surface area contributed by atoms with Crippen molar-refractivity contribution in [1.82, 2.24) is 4.90 Å². The van der Waals surface area contributed by atoms with Crippen molar-refractivity contribution < 1.29 is 9.21 Å². The van der Waals surface area contributed by atoms with Gasteiger partial charge in [-0.25, -0.2) is 0 Å². The van der Waals surface area contributed by atoms with Crippen LogP contribution in [0.25, 0.3) is 0 Å². The van der Waals surface area contributed by atoms with E-state index in [4.69, 9.17) is 10.2 Å². The summed E-state index contributed by atoms with van der Waals surface area (Å²) >= 11 is 1.44.